The highest BCUT2D eigenvalue weighted by atomic mass is 16.1. The van der Waals surface area contributed by atoms with Gasteiger partial charge in [-0.3, -0.25) is 13.9 Å². The van der Waals surface area contributed by atoms with Crippen molar-refractivity contribution >= 4 is 22.5 Å². The van der Waals surface area contributed by atoms with Crippen molar-refractivity contribution in [3.63, 3.8) is 0 Å². The molecule has 0 N–H and O–H groups in total. The molecule has 6 heteroatoms. The number of Topliss-reactive ketones (excluding diaryl/α,β-unsaturated/α-hetero) is 1. The lowest BCUT2D eigenvalue weighted by Gasteiger charge is -2.10. The maximum atomic E-state index is 11.9. The van der Waals surface area contributed by atoms with Gasteiger partial charge in [-0.25, -0.2) is 9.78 Å². The molecular weight excluding hydrogens is 256 g/mol. The van der Waals surface area contributed by atoms with Crippen LogP contribution in [0.25, 0.3) is 16.7 Å². The lowest BCUT2D eigenvalue weighted by molar-refractivity contribution is -0.111. The topological polar surface area (TPSA) is 60.1 Å². The molecule has 0 amide bonds. The molecule has 0 bridgehead atoms. The van der Waals surface area contributed by atoms with Gasteiger partial charge in [0.05, 0.1) is 5.52 Å². The Kier molecular flexibility index (Phi) is 3.48. The van der Waals surface area contributed by atoms with Crippen molar-refractivity contribution in [3.8, 4) is 0 Å². The molecule has 20 heavy (non-hydrogen) atoms. The van der Waals surface area contributed by atoms with Crippen LogP contribution >= 0.6 is 0 Å². The highest BCUT2D eigenvalue weighted by molar-refractivity contribution is 6.19. The van der Waals surface area contributed by atoms with Crippen molar-refractivity contribution < 1.29 is 4.79 Å². The van der Waals surface area contributed by atoms with E-state index in [2.05, 4.69) is 4.98 Å². The second-order valence-corrected chi connectivity index (χ2v) is 5.03. The number of aryl methyl sites for hydroxylation is 2. The SMILES string of the molecule is CC(=O)C(=CN(C)C)c1cnc2c(c1)n(C)c(=O)n2C. The number of carbonyl (C=O) groups excluding carboxylic acids is 1. The Bertz CT molecular complexity index is 765. The lowest BCUT2D eigenvalue weighted by Crippen LogP contribution is -2.19. The third kappa shape index (κ3) is 2.24. The van der Waals surface area contributed by atoms with E-state index in [4.69, 9.17) is 0 Å². The van der Waals surface area contributed by atoms with Crippen LogP contribution in [-0.4, -0.2) is 38.9 Å². The Hall–Kier alpha value is -2.37. The summed E-state index contributed by atoms with van der Waals surface area (Å²) in [5.74, 6) is -0.0409. The molecule has 0 saturated heterocycles. The molecule has 0 aliphatic heterocycles. The predicted octanol–water partition coefficient (Wildman–Crippen LogP) is 0.763. The summed E-state index contributed by atoms with van der Waals surface area (Å²) < 4.78 is 3.02. The standard InChI is InChI=1S/C14H18N4O2/c1-9(19)11(8-16(2)3)10-6-12-13(15-7-10)18(5)14(20)17(12)4/h6-8H,1-5H3. The summed E-state index contributed by atoms with van der Waals surface area (Å²) in [5.41, 5.74) is 2.46. The zero-order chi connectivity index (χ0) is 15.0. The first-order valence-corrected chi connectivity index (χ1v) is 6.24. The van der Waals surface area contributed by atoms with E-state index in [-0.39, 0.29) is 11.5 Å². The third-order valence-electron chi connectivity index (χ3n) is 3.18. The number of nitrogens with zero attached hydrogens (tertiary/aromatic N) is 4. The molecule has 0 atom stereocenters. The first kappa shape index (κ1) is 14.0. The fraction of sp³-hybridized carbons (Fsp3) is 0.357. The first-order valence-electron chi connectivity index (χ1n) is 6.24. The number of imidazole rings is 1. The molecule has 2 aromatic rings. The number of hydrogen-bond donors (Lipinski definition) is 0. The van der Waals surface area contributed by atoms with Gasteiger partial charge in [0.15, 0.2) is 11.4 Å². The van der Waals surface area contributed by atoms with Gasteiger partial charge in [-0.15, -0.1) is 0 Å². The molecule has 0 aromatic carbocycles. The Labute approximate surface area is 116 Å². The van der Waals surface area contributed by atoms with Crippen LogP contribution in [0.15, 0.2) is 23.3 Å². The molecule has 2 aromatic heterocycles. The molecule has 106 valence electrons. The Morgan fingerprint density at radius 2 is 1.95 bits per heavy atom. The monoisotopic (exact) mass is 274 g/mol. The van der Waals surface area contributed by atoms with Gasteiger partial charge in [0.1, 0.15) is 0 Å². The van der Waals surface area contributed by atoms with Crippen molar-refractivity contribution in [1.29, 1.82) is 0 Å². The molecular formula is C14H18N4O2. The smallest absolute Gasteiger partial charge is 0.329 e. The van der Waals surface area contributed by atoms with Crippen LogP contribution in [0.5, 0.6) is 0 Å². The third-order valence-corrected chi connectivity index (χ3v) is 3.18. The second-order valence-electron chi connectivity index (χ2n) is 5.03. The molecule has 0 fully saturated rings. The van der Waals surface area contributed by atoms with E-state index in [1.54, 1.807) is 26.5 Å². The van der Waals surface area contributed by atoms with E-state index in [0.29, 0.717) is 22.3 Å². The average Bonchev–Trinajstić information content (AvgIpc) is 2.60. The molecule has 0 saturated carbocycles. The number of rotatable bonds is 3. The van der Waals surface area contributed by atoms with E-state index >= 15 is 0 Å². The van der Waals surface area contributed by atoms with E-state index in [1.165, 1.54) is 16.1 Å². The molecule has 0 radical (unpaired) electrons. The van der Waals surface area contributed by atoms with Crippen LogP contribution in [0, 0.1) is 0 Å². The van der Waals surface area contributed by atoms with Crippen LogP contribution in [-0.2, 0) is 18.9 Å². The van der Waals surface area contributed by atoms with Crippen LogP contribution in [0.4, 0.5) is 0 Å². The van der Waals surface area contributed by atoms with Crippen molar-refractivity contribution in [1.82, 2.24) is 19.0 Å². The van der Waals surface area contributed by atoms with Gasteiger partial charge in [0.25, 0.3) is 0 Å². The van der Waals surface area contributed by atoms with Crippen molar-refractivity contribution in [2.75, 3.05) is 14.1 Å². The Balaban J connectivity index is 2.70. The number of allylic oxidation sites excluding steroid dienone is 1. The normalized spacial score (nSPS) is 11.9. The van der Waals surface area contributed by atoms with Gasteiger partial charge >= 0.3 is 5.69 Å². The minimum absolute atomic E-state index is 0.0409. The minimum atomic E-state index is -0.134. The van der Waals surface area contributed by atoms with Crippen LogP contribution in [0.3, 0.4) is 0 Å². The molecule has 0 unspecified atom stereocenters. The summed E-state index contributed by atoms with van der Waals surface area (Å²) >= 11 is 0. The van der Waals surface area contributed by atoms with Crippen LogP contribution in [0.2, 0.25) is 0 Å². The molecule has 2 heterocycles. The van der Waals surface area contributed by atoms with Crippen LogP contribution < -0.4 is 5.69 Å². The van der Waals surface area contributed by atoms with Gasteiger partial charge in [-0.1, -0.05) is 0 Å². The van der Waals surface area contributed by atoms with Crippen LogP contribution in [0.1, 0.15) is 12.5 Å². The quantitative estimate of drug-likeness (QED) is 0.775. The fourth-order valence-electron chi connectivity index (χ4n) is 2.14. The summed E-state index contributed by atoms with van der Waals surface area (Å²) in [6.07, 6.45) is 3.38. The number of aromatic nitrogens is 3. The number of fused-ring (bicyclic) bond motifs is 1. The molecule has 0 aliphatic rings. The molecule has 0 spiro atoms. The van der Waals surface area contributed by atoms with Gasteiger partial charge in [-0.2, -0.15) is 0 Å². The zero-order valence-electron chi connectivity index (χ0n) is 12.3. The largest absolute Gasteiger partial charge is 0.383 e. The average molecular weight is 274 g/mol. The summed E-state index contributed by atoms with van der Waals surface area (Å²) in [7, 11) is 7.08. The summed E-state index contributed by atoms with van der Waals surface area (Å²) in [5, 5.41) is 0. The van der Waals surface area contributed by atoms with Crippen molar-refractivity contribution in [2.45, 2.75) is 6.92 Å². The van der Waals surface area contributed by atoms with Crippen molar-refractivity contribution in [3.05, 3.63) is 34.5 Å². The molecule has 0 aliphatic carbocycles. The van der Waals surface area contributed by atoms with E-state index in [0.717, 1.165) is 0 Å². The molecule has 2 rings (SSSR count). The van der Waals surface area contributed by atoms with Gasteiger partial charge < -0.3 is 4.90 Å². The Morgan fingerprint density at radius 1 is 1.30 bits per heavy atom. The van der Waals surface area contributed by atoms with E-state index < -0.39 is 0 Å². The van der Waals surface area contributed by atoms with E-state index in [1.807, 2.05) is 25.1 Å². The summed E-state index contributed by atoms with van der Waals surface area (Å²) in [6.45, 7) is 1.52. The number of pyridine rings is 1. The predicted molar refractivity (Wildman–Crippen MR) is 78.3 cm³/mol. The molecule has 6 nitrogen and oxygen atoms in total. The van der Waals surface area contributed by atoms with Gasteiger partial charge in [-0.05, 0) is 13.0 Å². The maximum absolute atomic E-state index is 11.9. The zero-order valence-corrected chi connectivity index (χ0v) is 12.3. The number of carbonyl (C=O) groups is 1. The minimum Gasteiger partial charge on any atom is -0.383 e. The highest BCUT2D eigenvalue weighted by Crippen LogP contribution is 2.19. The van der Waals surface area contributed by atoms with Gasteiger partial charge in [0, 0.05) is 51.7 Å². The highest BCUT2D eigenvalue weighted by Gasteiger charge is 2.13. The van der Waals surface area contributed by atoms with Crippen molar-refractivity contribution in [2.24, 2.45) is 14.1 Å². The lowest BCUT2D eigenvalue weighted by atomic mass is 10.1. The van der Waals surface area contributed by atoms with E-state index in [9.17, 15) is 9.59 Å². The summed E-state index contributed by atoms with van der Waals surface area (Å²) in [6, 6.07) is 1.82. The maximum Gasteiger partial charge on any atom is 0.329 e. The first-order chi connectivity index (χ1) is 9.32. The Morgan fingerprint density at radius 3 is 2.50 bits per heavy atom. The second kappa shape index (κ2) is 4.96. The fourth-order valence-corrected chi connectivity index (χ4v) is 2.14. The number of ketones is 1. The number of hydrogen-bond acceptors (Lipinski definition) is 4. The van der Waals surface area contributed by atoms with Gasteiger partial charge in [0.2, 0.25) is 0 Å². The summed E-state index contributed by atoms with van der Waals surface area (Å²) in [4.78, 5) is 29.8.